The Morgan fingerprint density at radius 3 is 1.04 bits per heavy atom. The zero-order chi connectivity index (χ0) is 99.0. The number of alkyl carbamates (subject to hydrolysis) is 5. The number of nitrogens with one attached hydrogen (secondary N) is 8. The minimum Gasteiger partial charge on any atom is -0.480 e. The van der Waals surface area contributed by atoms with Gasteiger partial charge in [0, 0.05) is 67.7 Å². The van der Waals surface area contributed by atoms with Gasteiger partial charge in [0.05, 0.1) is 27.4 Å². The maximum Gasteiger partial charge on any atom is 0.411 e. The number of carboxylic acids is 2. The second kappa shape index (κ2) is 67.8. The third-order valence-corrected chi connectivity index (χ3v) is 18.5. The van der Waals surface area contributed by atoms with Crippen LogP contribution in [0.4, 0.5) is 33.6 Å². The van der Waals surface area contributed by atoms with Crippen LogP contribution in [0.1, 0.15) is 200 Å². The van der Waals surface area contributed by atoms with Crippen molar-refractivity contribution in [1.82, 2.24) is 52.3 Å². The number of amides is 9. The van der Waals surface area contributed by atoms with E-state index in [2.05, 4.69) is 68.6 Å². The summed E-state index contributed by atoms with van der Waals surface area (Å²) in [5.41, 5.74) is 7.30. The van der Waals surface area contributed by atoms with Crippen LogP contribution < -0.4 is 48.3 Å². The molecule has 3 aliphatic heterocycles. The van der Waals surface area contributed by atoms with Crippen molar-refractivity contribution in [2.45, 2.75) is 263 Å². The Balaban J connectivity index is 0.000000829. The number of nitrogens with two attached hydrogens (primary N) is 1. The number of aliphatic carboxylic acids is 2. The number of unbranched alkanes of at least 4 members (excludes halogenated alkanes) is 4. The minimum absolute atomic E-state index is 0.171. The third-order valence-electron chi connectivity index (χ3n) is 18.5. The normalized spacial score (nSPS) is 14.9. The highest BCUT2D eigenvalue weighted by atomic mass is 36.0. The summed E-state index contributed by atoms with van der Waals surface area (Å²) in [7, 11) is 12.2. The molecule has 0 radical (unpaired) electrons. The highest BCUT2D eigenvalue weighted by Gasteiger charge is 2.40. The van der Waals surface area contributed by atoms with Crippen LogP contribution in [-0.2, 0) is 117 Å². The van der Waals surface area contributed by atoms with E-state index >= 15 is 0 Å². The number of ether oxygens (including phenoxy) is 10. The van der Waals surface area contributed by atoms with Crippen molar-refractivity contribution in [3.8, 4) is 0 Å². The summed E-state index contributed by atoms with van der Waals surface area (Å²) >= 11 is 0. The molecule has 0 saturated carbocycles. The molecule has 3 fully saturated rings. The molecule has 3 heterocycles. The number of nitrogens with zero attached hydrogens (tertiary/aromatic N) is 2. The van der Waals surface area contributed by atoms with E-state index in [1.165, 1.54) is 31.1 Å². The molecule has 740 valence electrons. The van der Waals surface area contributed by atoms with Gasteiger partial charge in [-0.1, -0.05) is 121 Å². The van der Waals surface area contributed by atoms with Gasteiger partial charge in [-0.25, -0.2) is 56.9 Å². The minimum atomic E-state index is -1.67. The zero-order valence-electron chi connectivity index (χ0n) is 77.8. The van der Waals surface area contributed by atoms with E-state index in [1.54, 1.807) is 62.3 Å². The predicted molar refractivity (Wildman–Crippen MR) is 491 cm³/mol. The lowest BCUT2D eigenvalue weighted by Crippen LogP contribution is -2.51. The molecular weight excluding hydrogens is 1790 g/mol. The van der Waals surface area contributed by atoms with Crippen LogP contribution in [-0.4, -0.2) is 247 Å². The lowest BCUT2D eigenvalue weighted by Gasteiger charge is -2.28. The van der Waals surface area contributed by atoms with Gasteiger partial charge in [-0.3, -0.25) is 24.2 Å². The molecule has 0 aromatic heterocycles. The predicted octanol–water partition coefficient (Wildman–Crippen LogP) is 11.4. The molecule has 3 aliphatic rings. The number of aliphatic hydroxyl groups excluding tert-OH is 1. The lowest BCUT2D eigenvalue weighted by atomic mass is 10.1. The number of hydrogen-bond acceptors (Lipinski definition) is 28. The van der Waals surface area contributed by atoms with E-state index in [0.717, 1.165) is 68.0 Å². The van der Waals surface area contributed by atoms with Crippen molar-refractivity contribution in [3.05, 3.63) is 144 Å². The Morgan fingerprint density at radius 1 is 0.424 bits per heavy atom. The zero-order valence-corrected chi connectivity index (χ0v) is 80.1. The maximum atomic E-state index is 12.9. The van der Waals surface area contributed by atoms with Gasteiger partial charge in [-0.2, -0.15) is 0 Å². The number of aliphatic hydroxyl groups is 1. The Bertz CT molecular complexity index is 4070. The summed E-state index contributed by atoms with van der Waals surface area (Å²) in [4.78, 5) is 167. The molecule has 42 heteroatoms. The summed E-state index contributed by atoms with van der Waals surface area (Å²) in [6.45, 7) is 19.9. The molecule has 7 rings (SSSR count). The first-order valence-electron chi connectivity index (χ1n) is 43.3. The van der Waals surface area contributed by atoms with Crippen molar-refractivity contribution >= 4 is 115 Å². The van der Waals surface area contributed by atoms with Crippen LogP contribution in [0.3, 0.4) is 0 Å². The number of methoxy groups -OCH3 is 3. The second-order valence-electron chi connectivity index (χ2n) is 32.6. The quantitative estimate of drug-likeness (QED) is 0.00858. The summed E-state index contributed by atoms with van der Waals surface area (Å²) in [5.74, 6) is -4.10. The van der Waals surface area contributed by atoms with Crippen molar-refractivity contribution in [2.75, 3.05) is 74.3 Å². The fourth-order valence-electron chi connectivity index (χ4n) is 12.1. The lowest BCUT2D eigenvalue weighted by molar-refractivity contribution is -0.146. The topological polar surface area (TPSA) is 538 Å². The van der Waals surface area contributed by atoms with E-state index in [9.17, 15) is 72.2 Å². The van der Waals surface area contributed by atoms with Gasteiger partial charge in [-0.15, -0.1) is 0 Å². The van der Waals surface area contributed by atoms with E-state index in [-0.39, 0.29) is 44.8 Å². The number of carbonyl (C=O) groups is 14. The number of hydrogen-bond donors (Lipinski definition) is 12. The molecular formula is C90H137Cl2N11O28S. The number of carbonyl (C=O) groups excluding carboxylic acids is 12. The van der Waals surface area contributed by atoms with Crippen molar-refractivity contribution in [2.24, 2.45) is 5.73 Å². The van der Waals surface area contributed by atoms with Gasteiger partial charge in [0.1, 0.15) is 79.5 Å². The molecule has 13 N–H and O–H groups in total. The van der Waals surface area contributed by atoms with Gasteiger partial charge in [0.2, 0.25) is 21.0 Å². The molecule has 1 unspecified atom stereocenters. The maximum absolute atomic E-state index is 12.9. The van der Waals surface area contributed by atoms with Gasteiger partial charge in [-0.05, 0) is 207 Å². The van der Waals surface area contributed by atoms with Crippen LogP contribution in [0, 0.1) is 0 Å². The molecule has 0 spiro atoms. The summed E-state index contributed by atoms with van der Waals surface area (Å²) < 4.78 is 59.2. The van der Waals surface area contributed by atoms with E-state index < -0.39 is 141 Å². The summed E-state index contributed by atoms with van der Waals surface area (Å²) in [6, 6.07) is 32.8. The number of esters is 3. The van der Waals surface area contributed by atoms with Gasteiger partial charge in [0.25, 0.3) is 0 Å². The largest absolute Gasteiger partial charge is 0.480 e. The first-order valence-corrected chi connectivity index (χ1v) is 46.1. The number of likely N-dealkylation sites (tertiary alicyclic amines) is 2. The van der Waals surface area contributed by atoms with Gasteiger partial charge in [0.15, 0.2) is 0 Å². The Hall–Kier alpha value is -11.3. The monoisotopic (exact) mass is 1920 g/mol. The summed E-state index contributed by atoms with van der Waals surface area (Å²) in [5, 5.41) is 46.6. The smallest absolute Gasteiger partial charge is 0.411 e. The number of carboxylic acid groups (broad SMARTS) is 2. The molecule has 4 aromatic carbocycles. The Kier molecular flexibility index (Phi) is 60.9. The molecule has 9 amide bonds. The van der Waals surface area contributed by atoms with Crippen molar-refractivity contribution < 1.29 is 134 Å². The molecule has 132 heavy (non-hydrogen) atoms. The van der Waals surface area contributed by atoms with Crippen molar-refractivity contribution in [3.63, 3.8) is 0 Å². The average molecular weight is 1920 g/mol. The average Bonchev–Trinajstić information content (AvgIpc) is 1.69. The van der Waals surface area contributed by atoms with Gasteiger partial charge < -0.3 is 111 Å². The molecule has 0 aliphatic carbocycles. The summed E-state index contributed by atoms with van der Waals surface area (Å²) in [6.07, 6.45) is 6.81. The number of rotatable bonds is 38. The van der Waals surface area contributed by atoms with Crippen LogP contribution in [0.15, 0.2) is 121 Å². The third kappa shape index (κ3) is 57.8. The highest BCUT2D eigenvalue weighted by Crippen LogP contribution is 2.24. The molecule has 7 atom stereocenters. The molecule has 39 nitrogen and oxygen atoms in total. The van der Waals surface area contributed by atoms with Crippen LogP contribution in [0.2, 0.25) is 0 Å². The van der Waals surface area contributed by atoms with Crippen LogP contribution in [0.5, 0.6) is 0 Å². The number of benzene rings is 4. The molecule has 4 aromatic rings. The first kappa shape index (κ1) is 119. The molecule has 3 saturated heterocycles. The number of halogens is 2. The van der Waals surface area contributed by atoms with Crippen LogP contribution in [0.25, 0.3) is 0 Å². The standard InChI is InChI=1S/C25H37N3O7.C20H29N3O5.C19H28N2O6.C15H22N2O4.C10H17NO4.CH4O.Cl2OS/c1-25(2,3)35-24(32)28-16-10-14-20(28)21(29)27-19(22(30)33-4)13-8-9-15-26-23(31)34-17-18-11-6-5-7-12-18;1-27-19(25)17(23-18(24)16-11-7-13-21-16)10-5-6-12-22-20(26)28-14-15-8-3-2-4-9-15;1-19(2,3)27-18(25)21-15(16(22)23)11-7-8-12-20-17(24)26-13-14-9-5-4-6-10-14;1-20-14(18)13(16)9-5-6-10-17-15(19)21-11-12-7-3-2-4-8-12;1-10(2,3)15-9(14)11-6-4-5-7(11)8(12)13;1-2;1-4(2)3/h5-7,11-12,19-20H,8-10,13-17H2,1-4H3,(H,26,31)(H,27,29);2-4,8-9,16-17,21H,5-7,10-14H2,1H3,(H,22,26)(H,23,24);4-6,9-10,15H,7-8,11-13H2,1-3H3,(H,20,24)(H,21,25)(H,22,23);2-4,7-8,13H,5-6,9-11,16H2,1H3,(H,17,19);7H,4-6H2,1-3H3,(H,12,13);2H,1H3;/t19-,20-;16-,17-;15-;13-;;;/m0000.../s1. The Labute approximate surface area is 784 Å². The Morgan fingerprint density at radius 2 is 0.735 bits per heavy atom. The van der Waals surface area contributed by atoms with E-state index in [0.29, 0.717) is 116 Å². The fourth-order valence-corrected chi connectivity index (χ4v) is 12.1. The van der Waals surface area contributed by atoms with E-state index in [1.807, 2.05) is 121 Å². The first-order chi connectivity index (χ1) is 62.5. The molecule has 0 bridgehead atoms. The second-order valence-corrected chi connectivity index (χ2v) is 35.1. The fraction of sp³-hybridized carbons (Fsp3) is 0.578. The van der Waals surface area contributed by atoms with E-state index in [4.69, 9.17) is 62.8 Å². The van der Waals surface area contributed by atoms with Gasteiger partial charge >= 0.3 is 72.5 Å². The SMILES string of the molecule is CC(C)(C)OC(=O)N1CCCC1C(=O)O.CC(C)(C)OC(=O)N[C@@H](CCCCNC(=O)OCc1ccccc1)C(=O)O.CO.COC(=O)[C@@H](N)CCCCNC(=O)OCc1ccccc1.COC(=O)[C@H](CCCCNC(=O)OCc1ccccc1)NC(=O)[C@@H]1CCCN1.COC(=O)[C@H](CCCCNC(=O)OCc1ccccc1)NC(=O)[C@@H]1CCCN1C(=O)OC(C)(C)C.O=S(Cl)Cl. The van der Waals surface area contributed by atoms with Crippen LogP contribution >= 0.6 is 21.4 Å². The van der Waals surface area contributed by atoms with Crippen molar-refractivity contribution in [1.29, 1.82) is 0 Å². The highest BCUT2D eigenvalue weighted by molar-refractivity contribution is 8.26.